The zero-order chi connectivity index (χ0) is 15.5. The van der Waals surface area contributed by atoms with Crippen molar-refractivity contribution in [3.63, 3.8) is 0 Å². The Kier molecular flexibility index (Phi) is 6.52. The first-order valence-electron chi connectivity index (χ1n) is 6.57. The van der Waals surface area contributed by atoms with E-state index in [-0.39, 0.29) is 18.3 Å². The van der Waals surface area contributed by atoms with Gasteiger partial charge in [-0.2, -0.15) is 5.10 Å². The van der Waals surface area contributed by atoms with E-state index in [0.29, 0.717) is 18.8 Å². The lowest BCUT2D eigenvalue weighted by Crippen LogP contribution is -2.49. The molecule has 0 radical (unpaired) electrons. The molecule has 0 fully saturated rings. The molecule has 3 N–H and O–H groups in total. The fraction of sp³-hybridized carbons (Fsp3) is 0.357. The lowest BCUT2D eigenvalue weighted by atomic mass is 9.92. The van der Waals surface area contributed by atoms with Crippen LogP contribution in [0.4, 0.5) is 0 Å². The van der Waals surface area contributed by atoms with Crippen molar-refractivity contribution in [3.8, 4) is 0 Å². The molecule has 2 rings (SSSR count). The first-order valence-corrected chi connectivity index (χ1v) is 7.36. The van der Waals surface area contributed by atoms with E-state index in [9.17, 15) is 4.79 Å². The van der Waals surface area contributed by atoms with E-state index < -0.39 is 5.54 Å². The molecule has 1 atom stereocenters. The molecule has 0 bridgehead atoms. The third-order valence-corrected chi connectivity index (χ3v) is 3.73. The number of carbonyl (C=O) groups is 1. The number of nitrogens with one attached hydrogen (secondary N) is 1. The summed E-state index contributed by atoms with van der Waals surface area (Å²) < 4.78 is 2.58. The molecule has 0 saturated heterocycles. The molecular weight excluding hydrogens is 370 g/mol. The summed E-state index contributed by atoms with van der Waals surface area (Å²) in [4.78, 5) is 16.4. The number of carbonyl (C=O) groups excluding carboxylic acids is 1. The van der Waals surface area contributed by atoms with Crippen LogP contribution in [-0.4, -0.2) is 27.2 Å². The van der Waals surface area contributed by atoms with Gasteiger partial charge in [0.15, 0.2) is 5.82 Å². The number of rotatable bonds is 5. The molecule has 2 aromatic rings. The summed E-state index contributed by atoms with van der Waals surface area (Å²) in [6, 6.07) is 7.41. The Morgan fingerprint density at radius 3 is 2.59 bits per heavy atom. The van der Waals surface area contributed by atoms with Crippen molar-refractivity contribution < 1.29 is 4.79 Å². The maximum absolute atomic E-state index is 12.3. The third kappa shape index (κ3) is 4.53. The molecule has 0 aliphatic heterocycles. The van der Waals surface area contributed by atoms with Gasteiger partial charge in [-0.3, -0.25) is 9.48 Å². The zero-order valence-corrected chi connectivity index (χ0v) is 14.8. The molecule has 8 heteroatoms. The van der Waals surface area contributed by atoms with Gasteiger partial charge in [-0.1, -0.05) is 28.1 Å². The monoisotopic (exact) mass is 387 g/mol. The molecule has 0 aliphatic rings. The van der Waals surface area contributed by atoms with Crippen LogP contribution in [0, 0.1) is 0 Å². The summed E-state index contributed by atoms with van der Waals surface area (Å²) in [5.41, 5.74) is 5.84. The van der Waals surface area contributed by atoms with Crippen LogP contribution < -0.4 is 11.1 Å². The first kappa shape index (κ1) is 18.6. The largest absolute Gasteiger partial charge is 0.354 e. The van der Waals surface area contributed by atoms with Gasteiger partial charge < -0.3 is 11.1 Å². The minimum Gasteiger partial charge on any atom is -0.354 e. The van der Waals surface area contributed by atoms with Crippen molar-refractivity contribution in [1.82, 2.24) is 20.1 Å². The summed E-state index contributed by atoms with van der Waals surface area (Å²) >= 11 is 3.36. The first-order chi connectivity index (χ1) is 9.89. The normalized spacial score (nSPS) is 13.1. The van der Waals surface area contributed by atoms with Crippen LogP contribution in [0.25, 0.3) is 0 Å². The van der Waals surface area contributed by atoms with Crippen LogP contribution in [-0.2, 0) is 23.8 Å². The van der Waals surface area contributed by atoms with Gasteiger partial charge in [0.05, 0.1) is 0 Å². The summed E-state index contributed by atoms with van der Waals surface area (Å²) in [5, 5.41) is 6.98. The van der Waals surface area contributed by atoms with Crippen LogP contribution in [0.1, 0.15) is 18.3 Å². The predicted octanol–water partition coefficient (Wildman–Crippen LogP) is 1.53. The number of hydrogen-bond acceptors (Lipinski definition) is 4. The summed E-state index contributed by atoms with van der Waals surface area (Å²) in [5.74, 6) is 0.473. The van der Waals surface area contributed by atoms with Gasteiger partial charge >= 0.3 is 0 Å². The number of halogens is 2. The minimum atomic E-state index is -1.07. The van der Waals surface area contributed by atoms with Gasteiger partial charge in [-0.05, 0) is 24.6 Å². The molecule has 0 aliphatic carbocycles. The number of aromatic nitrogens is 3. The number of nitrogens with zero attached hydrogens (tertiary/aromatic N) is 3. The van der Waals surface area contributed by atoms with Gasteiger partial charge in [-0.15, -0.1) is 12.4 Å². The molecule has 0 spiro atoms. The van der Waals surface area contributed by atoms with E-state index in [2.05, 4.69) is 31.3 Å². The fourth-order valence-corrected chi connectivity index (χ4v) is 2.16. The lowest BCUT2D eigenvalue weighted by molar-refractivity contribution is -0.126. The van der Waals surface area contributed by atoms with Gasteiger partial charge in [0, 0.05) is 24.5 Å². The van der Waals surface area contributed by atoms with Crippen molar-refractivity contribution >= 4 is 34.2 Å². The molecule has 22 heavy (non-hydrogen) atoms. The van der Waals surface area contributed by atoms with Crippen molar-refractivity contribution in [2.75, 3.05) is 6.54 Å². The van der Waals surface area contributed by atoms with E-state index in [4.69, 9.17) is 5.73 Å². The topological polar surface area (TPSA) is 85.8 Å². The van der Waals surface area contributed by atoms with Gasteiger partial charge in [0.1, 0.15) is 11.9 Å². The van der Waals surface area contributed by atoms with Crippen molar-refractivity contribution in [1.29, 1.82) is 0 Å². The summed E-state index contributed by atoms with van der Waals surface area (Å²) in [6.07, 6.45) is 2.20. The SMILES string of the molecule is Cl.Cn1cnc(CCNC(=O)C(C)(N)c2ccc(Br)cc2)n1. The van der Waals surface area contributed by atoms with E-state index in [0.717, 1.165) is 10.0 Å². The van der Waals surface area contributed by atoms with Gasteiger partial charge in [-0.25, -0.2) is 4.98 Å². The molecule has 120 valence electrons. The molecular formula is C14H19BrClN5O. The Balaban J connectivity index is 0.00000242. The van der Waals surface area contributed by atoms with E-state index in [1.807, 2.05) is 24.3 Å². The Bertz CT molecular complexity index is 626. The molecule has 1 amide bonds. The maximum Gasteiger partial charge on any atom is 0.244 e. The van der Waals surface area contributed by atoms with Gasteiger partial charge in [0.25, 0.3) is 0 Å². The second kappa shape index (κ2) is 7.71. The highest BCUT2D eigenvalue weighted by Gasteiger charge is 2.30. The third-order valence-electron chi connectivity index (χ3n) is 3.20. The van der Waals surface area contributed by atoms with Crippen LogP contribution in [0.3, 0.4) is 0 Å². The van der Waals surface area contributed by atoms with Crippen LogP contribution in [0.15, 0.2) is 35.1 Å². The number of nitrogens with two attached hydrogens (primary N) is 1. The van der Waals surface area contributed by atoms with E-state index in [1.54, 1.807) is 25.0 Å². The Morgan fingerprint density at radius 1 is 1.41 bits per heavy atom. The second-order valence-electron chi connectivity index (χ2n) is 5.05. The molecule has 0 saturated carbocycles. The number of benzene rings is 1. The van der Waals surface area contributed by atoms with Crippen molar-refractivity contribution in [3.05, 3.63) is 46.5 Å². The van der Waals surface area contributed by atoms with Gasteiger partial charge in [0.2, 0.25) is 5.91 Å². The molecule has 1 unspecified atom stereocenters. The smallest absolute Gasteiger partial charge is 0.244 e. The minimum absolute atomic E-state index is 0. The standard InChI is InChI=1S/C14H18BrN5O.ClH/c1-14(16,10-3-5-11(15)6-4-10)13(21)17-8-7-12-18-9-20(2)19-12;/h3-6,9H,7-8,16H2,1-2H3,(H,17,21);1H. The highest BCUT2D eigenvalue weighted by atomic mass is 79.9. The van der Waals surface area contributed by atoms with E-state index in [1.165, 1.54) is 0 Å². The average molecular weight is 389 g/mol. The number of hydrogen-bond donors (Lipinski definition) is 2. The van der Waals surface area contributed by atoms with Crippen molar-refractivity contribution in [2.24, 2.45) is 12.8 Å². The maximum atomic E-state index is 12.3. The van der Waals surface area contributed by atoms with E-state index >= 15 is 0 Å². The Hall–Kier alpha value is -1.44. The van der Waals surface area contributed by atoms with Crippen LogP contribution >= 0.6 is 28.3 Å². The zero-order valence-electron chi connectivity index (χ0n) is 12.4. The second-order valence-corrected chi connectivity index (χ2v) is 5.97. The highest BCUT2D eigenvalue weighted by Crippen LogP contribution is 2.20. The molecule has 1 aromatic heterocycles. The fourth-order valence-electron chi connectivity index (χ4n) is 1.90. The Morgan fingerprint density at radius 2 is 2.05 bits per heavy atom. The summed E-state index contributed by atoms with van der Waals surface area (Å²) in [6.45, 7) is 2.15. The highest BCUT2D eigenvalue weighted by molar-refractivity contribution is 9.10. The lowest BCUT2D eigenvalue weighted by Gasteiger charge is -2.24. The molecule has 6 nitrogen and oxygen atoms in total. The predicted molar refractivity (Wildman–Crippen MR) is 90.6 cm³/mol. The van der Waals surface area contributed by atoms with Crippen molar-refractivity contribution in [2.45, 2.75) is 18.9 Å². The van der Waals surface area contributed by atoms with Crippen LogP contribution in [0.5, 0.6) is 0 Å². The molecule has 1 heterocycles. The average Bonchev–Trinajstić information content (AvgIpc) is 2.85. The molecule has 1 aromatic carbocycles. The Labute approximate surface area is 144 Å². The quantitative estimate of drug-likeness (QED) is 0.813. The summed E-state index contributed by atoms with van der Waals surface area (Å²) in [7, 11) is 1.81. The van der Waals surface area contributed by atoms with Crippen LogP contribution in [0.2, 0.25) is 0 Å². The number of amides is 1. The number of aryl methyl sites for hydroxylation is 1.